The van der Waals surface area contributed by atoms with E-state index in [9.17, 15) is 13.6 Å². The van der Waals surface area contributed by atoms with Crippen molar-refractivity contribution in [3.05, 3.63) is 59.7 Å². The van der Waals surface area contributed by atoms with E-state index in [1.807, 2.05) is 24.3 Å². The first-order valence-electron chi connectivity index (χ1n) is 7.25. The molecule has 128 valence electrons. The second-order valence-electron chi connectivity index (χ2n) is 4.91. The molecule has 0 atom stereocenters. The number of carbonyl (C=O) groups excluding carboxylic acids is 1. The van der Waals surface area contributed by atoms with Crippen molar-refractivity contribution in [1.82, 2.24) is 10.6 Å². The fraction of sp³-hybridized carbons (Fsp3) is 0.235. The Morgan fingerprint density at radius 2 is 1.67 bits per heavy atom. The van der Waals surface area contributed by atoms with E-state index >= 15 is 0 Å². The predicted molar refractivity (Wildman–Crippen MR) is 85.1 cm³/mol. The van der Waals surface area contributed by atoms with Crippen LogP contribution >= 0.6 is 0 Å². The molecule has 2 amide bonds. The van der Waals surface area contributed by atoms with Crippen LogP contribution in [-0.4, -0.2) is 19.8 Å². The van der Waals surface area contributed by atoms with Gasteiger partial charge in [-0.25, -0.2) is 4.79 Å². The fourth-order valence-electron chi connectivity index (χ4n) is 2.00. The van der Waals surface area contributed by atoms with E-state index in [1.54, 1.807) is 19.2 Å². The van der Waals surface area contributed by atoms with Crippen molar-refractivity contribution in [2.24, 2.45) is 0 Å². The average molecular weight is 336 g/mol. The van der Waals surface area contributed by atoms with Crippen LogP contribution in [0.5, 0.6) is 11.5 Å². The zero-order valence-electron chi connectivity index (χ0n) is 13.1. The van der Waals surface area contributed by atoms with Crippen LogP contribution in [0.15, 0.2) is 48.5 Å². The van der Waals surface area contributed by atoms with E-state index in [0.717, 1.165) is 11.3 Å². The molecule has 0 heterocycles. The number of rotatable bonds is 7. The Morgan fingerprint density at radius 1 is 1.00 bits per heavy atom. The molecule has 7 heteroatoms. The van der Waals surface area contributed by atoms with Crippen LogP contribution in [-0.2, 0) is 13.1 Å². The highest BCUT2D eigenvalue weighted by molar-refractivity contribution is 5.73. The SMILES string of the molecule is COc1ccc(CNC(=O)NCc2cccc(OC(F)F)c2)cc1. The molecule has 2 aromatic carbocycles. The summed E-state index contributed by atoms with van der Waals surface area (Å²) in [4.78, 5) is 11.8. The number of carbonyl (C=O) groups is 1. The maximum Gasteiger partial charge on any atom is 0.387 e. The van der Waals surface area contributed by atoms with Crippen LogP contribution in [0.2, 0.25) is 0 Å². The monoisotopic (exact) mass is 336 g/mol. The number of amides is 2. The highest BCUT2D eigenvalue weighted by Gasteiger charge is 2.06. The Balaban J connectivity index is 1.78. The zero-order valence-corrected chi connectivity index (χ0v) is 13.1. The van der Waals surface area contributed by atoms with Gasteiger partial charge in [0.25, 0.3) is 0 Å². The van der Waals surface area contributed by atoms with Crippen molar-refractivity contribution in [1.29, 1.82) is 0 Å². The Bertz CT molecular complexity index is 663. The number of urea groups is 1. The second kappa shape index (κ2) is 8.71. The molecule has 2 aromatic rings. The molecular weight excluding hydrogens is 318 g/mol. The standard InChI is InChI=1S/C17H18F2N2O3/c1-23-14-7-5-12(6-8-14)10-20-17(22)21-11-13-3-2-4-15(9-13)24-16(18)19/h2-9,16H,10-11H2,1H3,(H2,20,21,22). The van der Waals surface area contributed by atoms with Crippen molar-refractivity contribution in [2.75, 3.05) is 7.11 Å². The maximum absolute atomic E-state index is 12.2. The third-order valence-electron chi connectivity index (χ3n) is 3.19. The average Bonchev–Trinajstić information content (AvgIpc) is 2.58. The van der Waals surface area contributed by atoms with Gasteiger partial charge in [-0.3, -0.25) is 0 Å². The number of hydrogen-bond donors (Lipinski definition) is 2. The number of hydrogen-bond acceptors (Lipinski definition) is 3. The highest BCUT2D eigenvalue weighted by Crippen LogP contribution is 2.15. The summed E-state index contributed by atoms with van der Waals surface area (Å²) in [5.74, 6) is 0.803. The summed E-state index contributed by atoms with van der Waals surface area (Å²) in [6.07, 6.45) is 0. The smallest absolute Gasteiger partial charge is 0.387 e. The largest absolute Gasteiger partial charge is 0.497 e. The minimum atomic E-state index is -2.87. The van der Waals surface area contributed by atoms with Crippen molar-refractivity contribution >= 4 is 6.03 Å². The summed E-state index contributed by atoms with van der Waals surface area (Å²) >= 11 is 0. The van der Waals surface area contributed by atoms with Crippen LogP contribution < -0.4 is 20.1 Å². The van der Waals surface area contributed by atoms with Gasteiger partial charge in [-0.1, -0.05) is 24.3 Å². The predicted octanol–water partition coefficient (Wildman–Crippen LogP) is 3.30. The molecule has 0 aromatic heterocycles. The van der Waals surface area contributed by atoms with Crippen molar-refractivity contribution < 1.29 is 23.0 Å². The third-order valence-corrected chi connectivity index (χ3v) is 3.19. The lowest BCUT2D eigenvalue weighted by Gasteiger charge is -2.10. The van der Waals surface area contributed by atoms with E-state index in [2.05, 4.69) is 15.4 Å². The molecular formula is C17H18F2N2O3. The summed E-state index contributed by atoms with van der Waals surface area (Å²) in [5, 5.41) is 5.37. The minimum Gasteiger partial charge on any atom is -0.497 e. The minimum absolute atomic E-state index is 0.0583. The van der Waals surface area contributed by atoms with Crippen molar-refractivity contribution in [3.8, 4) is 11.5 Å². The van der Waals surface area contributed by atoms with Crippen LogP contribution in [0.4, 0.5) is 13.6 Å². The van der Waals surface area contributed by atoms with E-state index in [-0.39, 0.29) is 18.3 Å². The summed E-state index contributed by atoms with van der Waals surface area (Å²) in [7, 11) is 1.59. The molecule has 2 N–H and O–H groups in total. The quantitative estimate of drug-likeness (QED) is 0.816. The normalized spacial score (nSPS) is 10.3. The summed E-state index contributed by atoms with van der Waals surface area (Å²) < 4.78 is 33.7. The van der Waals surface area contributed by atoms with Gasteiger partial charge < -0.3 is 20.1 Å². The summed E-state index contributed by atoms with van der Waals surface area (Å²) in [6, 6.07) is 13.1. The number of ether oxygens (including phenoxy) is 2. The number of alkyl halides is 2. The van der Waals surface area contributed by atoms with E-state index in [0.29, 0.717) is 12.1 Å². The number of methoxy groups -OCH3 is 1. The molecule has 24 heavy (non-hydrogen) atoms. The van der Waals surface area contributed by atoms with Crippen LogP contribution in [0.25, 0.3) is 0 Å². The van der Waals surface area contributed by atoms with Gasteiger partial charge in [-0.2, -0.15) is 8.78 Å². The van der Waals surface area contributed by atoms with Crippen molar-refractivity contribution in [2.45, 2.75) is 19.7 Å². The molecule has 5 nitrogen and oxygen atoms in total. The van der Waals surface area contributed by atoms with Crippen molar-refractivity contribution in [3.63, 3.8) is 0 Å². The first-order chi connectivity index (χ1) is 11.6. The molecule has 0 radical (unpaired) electrons. The molecule has 0 fully saturated rings. The molecule has 2 rings (SSSR count). The second-order valence-corrected chi connectivity index (χ2v) is 4.91. The van der Waals surface area contributed by atoms with E-state index in [1.165, 1.54) is 12.1 Å². The molecule has 0 saturated heterocycles. The Kier molecular flexibility index (Phi) is 6.36. The number of nitrogens with one attached hydrogen (secondary N) is 2. The molecule has 0 aliphatic heterocycles. The van der Waals surface area contributed by atoms with Crippen LogP contribution in [0, 0.1) is 0 Å². The number of benzene rings is 2. The van der Waals surface area contributed by atoms with Gasteiger partial charge in [0.2, 0.25) is 0 Å². The summed E-state index contributed by atoms with van der Waals surface area (Å²) in [5.41, 5.74) is 1.59. The van der Waals surface area contributed by atoms with Gasteiger partial charge in [0, 0.05) is 13.1 Å². The van der Waals surface area contributed by atoms with Gasteiger partial charge >= 0.3 is 12.6 Å². The van der Waals surface area contributed by atoms with Gasteiger partial charge in [0.15, 0.2) is 0 Å². The first-order valence-corrected chi connectivity index (χ1v) is 7.25. The highest BCUT2D eigenvalue weighted by atomic mass is 19.3. The zero-order chi connectivity index (χ0) is 17.4. The van der Waals surface area contributed by atoms with E-state index in [4.69, 9.17) is 4.74 Å². The van der Waals surface area contributed by atoms with Gasteiger partial charge in [0.05, 0.1) is 7.11 Å². The third kappa shape index (κ3) is 5.75. The first kappa shape index (κ1) is 17.5. The Morgan fingerprint density at radius 3 is 2.29 bits per heavy atom. The van der Waals surface area contributed by atoms with Gasteiger partial charge in [0.1, 0.15) is 11.5 Å². The van der Waals surface area contributed by atoms with Crippen LogP contribution in [0.1, 0.15) is 11.1 Å². The topological polar surface area (TPSA) is 59.6 Å². The maximum atomic E-state index is 12.2. The molecule has 0 bridgehead atoms. The number of halogens is 2. The lowest BCUT2D eigenvalue weighted by molar-refractivity contribution is -0.0498. The summed E-state index contributed by atoms with van der Waals surface area (Å²) in [6.45, 7) is -2.31. The molecule has 0 aliphatic carbocycles. The molecule has 0 aliphatic rings. The lowest BCUT2D eigenvalue weighted by atomic mass is 10.2. The fourth-order valence-corrected chi connectivity index (χ4v) is 2.00. The van der Waals surface area contributed by atoms with E-state index < -0.39 is 6.61 Å². The molecule has 0 unspecified atom stereocenters. The Labute approximate surface area is 138 Å². The Hall–Kier alpha value is -2.83. The van der Waals surface area contributed by atoms with Gasteiger partial charge in [-0.15, -0.1) is 0 Å². The van der Waals surface area contributed by atoms with Crippen LogP contribution in [0.3, 0.4) is 0 Å². The van der Waals surface area contributed by atoms with Gasteiger partial charge in [-0.05, 0) is 35.4 Å². The lowest BCUT2D eigenvalue weighted by Crippen LogP contribution is -2.34. The molecule has 0 spiro atoms. The molecule has 0 saturated carbocycles.